The molecular formula is C34H29BN2O3. The Morgan fingerprint density at radius 3 is 1.93 bits per heavy atom. The molecule has 0 saturated carbocycles. The van der Waals surface area contributed by atoms with Gasteiger partial charge in [0.2, 0.25) is 0 Å². The summed E-state index contributed by atoms with van der Waals surface area (Å²) in [5, 5.41) is 2.20. The van der Waals surface area contributed by atoms with E-state index in [9.17, 15) is 0 Å². The second-order valence-electron chi connectivity index (χ2n) is 11.4. The van der Waals surface area contributed by atoms with E-state index in [0.29, 0.717) is 5.82 Å². The molecule has 0 unspecified atom stereocenters. The first-order chi connectivity index (χ1) is 19.3. The summed E-state index contributed by atoms with van der Waals surface area (Å²) in [6.45, 7) is 8.27. The molecule has 1 aliphatic rings. The quantitative estimate of drug-likeness (QED) is 0.222. The number of aromatic nitrogens is 2. The van der Waals surface area contributed by atoms with Gasteiger partial charge < -0.3 is 13.7 Å². The van der Waals surface area contributed by atoms with Crippen molar-refractivity contribution in [3.8, 4) is 33.9 Å². The summed E-state index contributed by atoms with van der Waals surface area (Å²) in [6, 6.07) is 34.7. The topological polar surface area (TPSA) is 57.4 Å². The van der Waals surface area contributed by atoms with Crippen molar-refractivity contribution < 1.29 is 13.7 Å². The number of nitrogens with zero attached hydrogens (tertiary/aromatic N) is 2. The van der Waals surface area contributed by atoms with Gasteiger partial charge in [0.25, 0.3) is 0 Å². The summed E-state index contributed by atoms with van der Waals surface area (Å²) in [4.78, 5) is 10.0. The fourth-order valence-corrected chi connectivity index (χ4v) is 5.17. The van der Waals surface area contributed by atoms with Crippen LogP contribution in [-0.4, -0.2) is 28.3 Å². The van der Waals surface area contributed by atoms with Crippen molar-refractivity contribution in [2.75, 3.05) is 0 Å². The Hall–Kier alpha value is -4.26. The van der Waals surface area contributed by atoms with E-state index in [2.05, 4.69) is 64.1 Å². The number of para-hydroxylation sites is 1. The van der Waals surface area contributed by atoms with Crippen molar-refractivity contribution in [1.29, 1.82) is 0 Å². The molecule has 3 heterocycles. The second-order valence-corrected chi connectivity index (χ2v) is 11.4. The Bertz CT molecular complexity index is 1860. The molecule has 2 aromatic heterocycles. The molecule has 0 aliphatic carbocycles. The fourth-order valence-electron chi connectivity index (χ4n) is 5.17. The Morgan fingerprint density at radius 2 is 1.18 bits per heavy atom. The highest BCUT2D eigenvalue weighted by atomic mass is 16.7. The van der Waals surface area contributed by atoms with Crippen LogP contribution in [0.2, 0.25) is 0 Å². The van der Waals surface area contributed by atoms with Gasteiger partial charge in [-0.25, -0.2) is 9.97 Å². The van der Waals surface area contributed by atoms with Gasteiger partial charge in [-0.2, -0.15) is 0 Å². The Kier molecular flexibility index (Phi) is 5.67. The second kappa shape index (κ2) is 9.15. The highest BCUT2D eigenvalue weighted by molar-refractivity contribution is 6.62. The van der Waals surface area contributed by atoms with E-state index in [1.54, 1.807) is 0 Å². The number of rotatable bonds is 4. The van der Waals surface area contributed by atoms with Crippen molar-refractivity contribution in [3.63, 3.8) is 0 Å². The smallest absolute Gasteiger partial charge is 0.456 e. The van der Waals surface area contributed by atoms with Crippen LogP contribution in [0, 0.1) is 0 Å². The minimum absolute atomic E-state index is 0.411. The van der Waals surface area contributed by atoms with Gasteiger partial charge >= 0.3 is 7.12 Å². The first kappa shape index (κ1) is 24.8. The van der Waals surface area contributed by atoms with Crippen LogP contribution in [0.4, 0.5) is 0 Å². The minimum Gasteiger partial charge on any atom is -0.456 e. The van der Waals surface area contributed by atoms with E-state index in [1.165, 1.54) is 0 Å². The molecule has 1 fully saturated rings. The standard InChI is InChI=1S/C34H29BN2O3/c1-33(2)34(3,4)40-35(39-33)25-14-10-13-23(19-25)28-21-29(37-32(36-28)22-11-6-5-7-12-22)24-17-18-27-26-15-8-9-16-30(26)38-31(27)20-24/h5-21H,1-4H3. The molecule has 1 aliphatic heterocycles. The number of furan rings is 1. The Balaban J connectivity index is 1.35. The molecule has 40 heavy (non-hydrogen) atoms. The van der Waals surface area contributed by atoms with Crippen LogP contribution in [0.15, 0.2) is 108 Å². The molecule has 196 valence electrons. The lowest BCUT2D eigenvalue weighted by atomic mass is 9.78. The predicted octanol–water partition coefficient (Wildman–Crippen LogP) is 7.68. The van der Waals surface area contributed by atoms with Gasteiger partial charge in [-0.15, -0.1) is 0 Å². The molecule has 0 spiro atoms. The third-order valence-corrected chi connectivity index (χ3v) is 8.14. The van der Waals surface area contributed by atoms with Crippen molar-refractivity contribution in [2.24, 2.45) is 0 Å². The third kappa shape index (κ3) is 4.21. The highest BCUT2D eigenvalue weighted by Crippen LogP contribution is 2.37. The maximum Gasteiger partial charge on any atom is 0.494 e. The molecular weight excluding hydrogens is 495 g/mol. The Labute approximate surface area is 234 Å². The molecule has 7 rings (SSSR count). The lowest BCUT2D eigenvalue weighted by molar-refractivity contribution is 0.00578. The van der Waals surface area contributed by atoms with E-state index in [4.69, 9.17) is 23.7 Å². The molecule has 0 atom stereocenters. The largest absolute Gasteiger partial charge is 0.494 e. The molecule has 0 bridgehead atoms. The van der Waals surface area contributed by atoms with E-state index in [0.717, 1.165) is 55.5 Å². The first-order valence-corrected chi connectivity index (χ1v) is 13.6. The number of fused-ring (bicyclic) bond motifs is 3. The van der Waals surface area contributed by atoms with Gasteiger partial charge in [-0.3, -0.25) is 0 Å². The molecule has 6 aromatic rings. The average molecular weight is 524 g/mol. The van der Waals surface area contributed by atoms with Gasteiger partial charge in [-0.05, 0) is 63.0 Å². The van der Waals surface area contributed by atoms with Crippen LogP contribution < -0.4 is 5.46 Å². The van der Waals surface area contributed by atoms with Crippen LogP contribution in [0.1, 0.15) is 27.7 Å². The molecule has 6 heteroatoms. The normalized spacial score (nSPS) is 16.1. The summed E-state index contributed by atoms with van der Waals surface area (Å²) in [5.74, 6) is 0.666. The van der Waals surface area contributed by atoms with Gasteiger partial charge in [0.05, 0.1) is 22.6 Å². The fraction of sp³-hybridized carbons (Fsp3) is 0.176. The predicted molar refractivity (Wildman–Crippen MR) is 161 cm³/mol. The van der Waals surface area contributed by atoms with Crippen LogP contribution in [0.25, 0.3) is 55.8 Å². The number of hydrogen-bond donors (Lipinski definition) is 0. The van der Waals surface area contributed by atoms with Crippen LogP contribution in [0.5, 0.6) is 0 Å². The zero-order valence-corrected chi connectivity index (χ0v) is 23.0. The highest BCUT2D eigenvalue weighted by Gasteiger charge is 2.51. The summed E-state index contributed by atoms with van der Waals surface area (Å²) in [7, 11) is -0.449. The number of hydrogen-bond acceptors (Lipinski definition) is 5. The Morgan fingerprint density at radius 1 is 0.550 bits per heavy atom. The maximum absolute atomic E-state index is 6.33. The SMILES string of the molecule is CC1(C)OB(c2cccc(-c3cc(-c4ccc5c(c4)oc4ccccc45)nc(-c4ccccc4)n3)c2)OC1(C)C. The molecule has 5 nitrogen and oxygen atoms in total. The van der Waals surface area contributed by atoms with Gasteiger partial charge in [0.1, 0.15) is 11.2 Å². The molecule has 0 N–H and O–H groups in total. The van der Waals surface area contributed by atoms with Gasteiger partial charge in [0, 0.05) is 21.9 Å². The first-order valence-electron chi connectivity index (χ1n) is 13.6. The van der Waals surface area contributed by atoms with E-state index in [1.807, 2.05) is 66.7 Å². The number of benzene rings is 4. The van der Waals surface area contributed by atoms with Crippen molar-refractivity contribution in [3.05, 3.63) is 103 Å². The van der Waals surface area contributed by atoms with Crippen LogP contribution >= 0.6 is 0 Å². The monoisotopic (exact) mass is 524 g/mol. The van der Waals surface area contributed by atoms with Crippen molar-refractivity contribution in [1.82, 2.24) is 9.97 Å². The lowest BCUT2D eigenvalue weighted by Gasteiger charge is -2.32. The third-order valence-electron chi connectivity index (χ3n) is 8.14. The van der Waals surface area contributed by atoms with Crippen LogP contribution in [0.3, 0.4) is 0 Å². The summed E-state index contributed by atoms with van der Waals surface area (Å²) >= 11 is 0. The lowest BCUT2D eigenvalue weighted by Crippen LogP contribution is -2.41. The maximum atomic E-state index is 6.33. The van der Waals surface area contributed by atoms with Crippen molar-refractivity contribution in [2.45, 2.75) is 38.9 Å². The van der Waals surface area contributed by atoms with Gasteiger partial charge in [0.15, 0.2) is 5.82 Å². The van der Waals surface area contributed by atoms with Crippen LogP contribution in [-0.2, 0) is 9.31 Å². The van der Waals surface area contributed by atoms with E-state index in [-0.39, 0.29) is 0 Å². The van der Waals surface area contributed by atoms with Crippen molar-refractivity contribution >= 4 is 34.5 Å². The zero-order valence-electron chi connectivity index (χ0n) is 23.0. The average Bonchev–Trinajstić information content (AvgIpc) is 3.45. The van der Waals surface area contributed by atoms with E-state index >= 15 is 0 Å². The minimum atomic E-state index is -0.449. The molecule has 1 saturated heterocycles. The molecule has 4 aromatic carbocycles. The molecule has 0 amide bonds. The summed E-state index contributed by atoms with van der Waals surface area (Å²) in [5.41, 5.74) is 6.40. The van der Waals surface area contributed by atoms with E-state index < -0.39 is 18.3 Å². The van der Waals surface area contributed by atoms with Gasteiger partial charge in [-0.1, -0.05) is 78.9 Å². The zero-order chi connectivity index (χ0) is 27.5. The summed E-state index contributed by atoms with van der Waals surface area (Å²) in [6.07, 6.45) is 0. The molecule has 0 radical (unpaired) electrons. The summed E-state index contributed by atoms with van der Waals surface area (Å²) < 4.78 is 18.8.